The lowest BCUT2D eigenvalue weighted by atomic mass is 9.80. The van der Waals surface area contributed by atoms with Gasteiger partial charge in [-0.1, -0.05) is 117 Å². The Balaban J connectivity index is 1.04. The summed E-state index contributed by atoms with van der Waals surface area (Å²) in [7, 11) is 0. The molecule has 3 aromatic heterocycles. The van der Waals surface area contributed by atoms with Crippen LogP contribution in [0.4, 0.5) is 0 Å². The molecule has 0 unspecified atom stereocenters. The number of fused-ring (bicyclic) bond motifs is 10. The van der Waals surface area contributed by atoms with Gasteiger partial charge in [0, 0.05) is 53.1 Å². The largest absolute Gasteiger partial charge is 0.456 e. The molecule has 0 fully saturated rings. The van der Waals surface area contributed by atoms with E-state index in [1.807, 2.05) is 35.6 Å². The van der Waals surface area contributed by atoms with E-state index < -0.39 is 0 Å². The molecule has 53 heavy (non-hydrogen) atoms. The fourth-order valence-corrected chi connectivity index (χ4v) is 9.46. The van der Waals surface area contributed by atoms with Crippen molar-refractivity contribution in [3.63, 3.8) is 0 Å². The quantitative estimate of drug-likeness (QED) is 0.184. The summed E-state index contributed by atoms with van der Waals surface area (Å²) in [5.74, 6) is 1.96. The van der Waals surface area contributed by atoms with Crippen LogP contribution < -0.4 is 0 Å². The number of thiophene rings is 1. The lowest BCUT2D eigenvalue weighted by molar-refractivity contribution is 0.657. The van der Waals surface area contributed by atoms with E-state index in [4.69, 9.17) is 19.4 Å². The molecular formula is C48H31N3OS. The van der Waals surface area contributed by atoms with Crippen molar-refractivity contribution in [1.82, 2.24) is 15.0 Å². The normalized spacial score (nSPS) is 13.2. The van der Waals surface area contributed by atoms with Gasteiger partial charge >= 0.3 is 0 Å². The van der Waals surface area contributed by atoms with Crippen molar-refractivity contribution in [2.75, 3.05) is 0 Å². The predicted molar refractivity (Wildman–Crippen MR) is 219 cm³/mol. The molecule has 1 aliphatic rings. The number of benzene rings is 7. The maximum atomic E-state index is 6.31. The monoisotopic (exact) mass is 697 g/mol. The molecule has 4 nitrogen and oxygen atoms in total. The molecular weight excluding hydrogens is 667 g/mol. The molecule has 1 aliphatic carbocycles. The minimum atomic E-state index is -0.176. The molecule has 0 spiro atoms. The van der Waals surface area contributed by atoms with E-state index in [2.05, 4.69) is 141 Å². The van der Waals surface area contributed by atoms with Crippen LogP contribution >= 0.6 is 11.3 Å². The highest BCUT2D eigenvalue weighted by atomic mass is 32.1. The maximum absolute atomic E-state index is 6.31. The Morgan fingerprint density at radius 1 is 0.453 bits per heavy atom. The van der Waals surface area contributed by atoms with Crippen LogP contribution in [0.3, 0.4) is 0 Å². The van der Waals surface area contributed by atoms with Gasteiger partial charge in [-0.05, 0) is 81.9 Å². The molecule has 0 saturated carbocycles. The van der Waals surface area contributed by atoms with Crippen LogP contribution in [0.5, 0.6) is 0 Å². The van der Waals surface area contributed by atoms with Gasteiger partial charge in [-0.3, -0.25) is 0 Å². The molecule has 0 amide bonds. The number of nitrogens with zero attached hydrogens (tertiary/aromatic N) is 3. The van der Waals surface area contributed by atoms with Crippen molar-refractivity contribution in [1.29, 1.82) is 0 Å². The molecule has 0 atom stereocenters. The first kappa shape index (κ1) is 30.2. The molecule has 0 N–H and O–H groups in total. The number of aromatic nitrogens is 3. The molecule has 0 bridgehead atoms. The summed E-state index contributed by atoms with van der Waals surface area (Å²) in [4.78, 5) is 15.2. The van der Waals surface area contributed by atoms with E-state index in [0.29, 0.717) is 17.5 Å². The number of para-hydroxylation sites is 1. The molecule has 7 aromatic carbocycles. The zero-order valence-electron chi connectivity index (χ0n) is 29.1. The van der Waals surface area contributed by atoms with Crippen molar-refractivity contribution in [2.24, 2.45) is 0 Å². The minimum absolute atomic E-state index is 0.176. The number of hydrogen-bond acceptors (Lipinski definition) is 5. The van der Waals surface area contributed by atoms with Gasteiger partial charge in [0.25, 0.3) is 0 Å². The molecule has 250 valence electrons. The Kier molecular flexibility index (Phi) is 6.43. The summed E-state index contributed by atoms with van der Waals surface area (Å²) in [6.45, 7) is 4.67. The third-order valence-corrected chi connectivity index (χ3v) is 12.1. The van der Waals surface area contributed by atoms with Crippen molar-refractivity contribution in [2.45, 2.75) is 19.3 Å². The van der Waals surface area contributed by atoms with Gasteiger partial charge in [0.15, 0.2) is 17.5 Å². The fourth-order valence-electron chi connectivity index (χ4n) is 8.37. The van der Waals surface area contributed by atoms with Gasteiger partial charge in [-0.2, -0.15) is 0 Å². The highest BCUT2D eigenvalue weighted by molar-refractivity contribution is 7.25. The van der Waals surface area contributed by atoms with Crippen LogP contribution in [0.2, 0.25) is 0 Å². The second-order valence-electron chi connectivity index (χ2n) is 14.4. The lowest BCUT2D eigenvalue weighted by Crippen LogP contribution is -2.15. The zero-order valence-corrected chi connectivity index (χ0v) is 29.9. The smallest absolute Gasteiger partial charge is 0.164 e. The van der Waals surface area contributed by atoms with Crippen LogP contribution in [-0.2, 0) is 5.41 Å². The van der Waals surface area contributed by atoms with Crippen LogP contribution in [-0.4, -0.2) is 15.0 Å². The summed E-state index contributed by atoms with van der Waals surface area (Å²) in [5.41, 5.74) is 12.0. The average Bonchev–Trinajstić information content (AvgIpc) is 3.85. The Morgan fingerprint density at radius 2 is 1.09 bits per heavy atom. The van der Waals surface area contributed by atoms with Gasteiger partial charge in [0.1, 0.15) is 11.2 Å². The summed E-state index contributed by atoms with van der Waals surface area (Å²) in [6.07, 6.45) is 0. The SMILES string of the molecule is CC1(C)c2ccc(-c3cccc(-c4nc(-c5ccccc5)nc(-c5ccc6sc7ccccc7c6c5)n4)c3)cc2-c2ccc3oc4ccccc4c3c21. The van der Waals surface area contributed by atoms with Crippen LogP contribution in [0.1, 0.15) is 25.0 Å². The standard InChI is InChI=1S/C48H31N3OS/c1-48(2)38-22-19-30(26-36(38)34-21-23-40-43(44(34)48)35-16-6-8-17-39(35)52-40)29-13-10-14-31(25-29)46-49-45(28-11-4-3-5-12-28)50-47(51-46)32-20-24-42-37(27-32)33-15-7-9-18-41(33)53-42/h3-27H,1-2H3. The van der Waals surface area contributed by atoms with Crippen LogP contribution in [0.15, 0.2) is 156 Å². The van der Waals surface area contributed by atoms with E-state index >= 15 is 0 Å². The zero-order chi connectivity index (χ0) is 35.3. The molecule has 10 aromatic rings. The van der Waals surface area contributed by atoms with E-state index in [1.54, 1.807) is 0 Å². The number of hydrogen-bond donors (Lipinski definition) is 0. The van der Waals surface area contributed by atoms with E-state index in [9.17, 15) is 0 Å². The Bertz CT molecular complexity index is 3100. The third kappa shape index (κ3) is 4.64. The first-order chi connectivity index (χ1) is 26.0. The van der Waals surface area contributed by atoms with E-state index in [1.165, 1.54) is 53.2 Å². The van der Waals surface area contributed by atoms with Gasteiger partial charge in [-0.15, -0.1) is 11.3 Å². The minimum Gasteiger partial charge on any atom is -0.456 e. The maximum Gasteiger partial charge on any atom is 0.164 e. The average molecular weight is 698 g/mol. The summed E-state index contributed by atoms with van der Waals surface area (Å²) in [5, 5.41) is 4.86. The van der Waals surface area contributed by atoms with Crippen LogP contribution in [0.25, 0.3) is 98.5 Å². The Hall–Kier alpha value is -6.43. The van der Waals surface area contributed by atoms with Gasteiger partial charge in [0.2, 0.25) is 0 Å². The van der Waals surface area contributed by atoms with Gasteiger partial charge in [0.05, 0.1) is 0 Å². The second-order valence-corrected chi connectivity index (χ2v) is 15.5. The third-order valence-electron chi connectivity index (χ3n) is 10.9. The first-order valence-corrected chi connectivity index (χ1v) is 18.7. The molecule has 3 heterocycles. The Labute approximate surface area is 310 Å². The molecule has 0 radical (unpaired) electrons. The van der Waals surface area contributed by atoms with Gasteiger partial charge < -0.3 is 4.42 Å². The fraction of sp³-hybridized carbons (Fsp3) is 0.0625. The first-order valence-electron chi connectivity index (χ1n) is 17.9. The van der Waals surface area contributed by atoms with Gasteiger partial charge in [-0.25, -0.2) is 15.0 Å². The molecule has 0 aliphatic heterocycles. The van der Waals surface area contributed by atoms with E-state index in [0.717, 1.165) is 39.0 Å². The van der Waals surface area contributed by atoms with Crippen molar-refractivity contribution in [3.8, 4) is 56.4 Å². The Morgan fingerprint density at radius 3 is 1.94 bits per heavy atom. The summed E-state index contributed by atoms with van der Waals surface area (Å²) >= 11 is 1.81. The second kappa shape index (κ2) is 11.3. The van der Waals surface area contributed by atoms with Crippen molar-refractivity contribution < 1.29 is 4.42 Å². The van der Waals surface area contributed by atoms with E-state index in [-0.39, 0.29) is 5.41 Å². The van der Waals surface area contributed by atoms with Crippen molar-refractivity contribution in [3.05, 3.63) is 163 Å². The molecule has 11 rings (SSSR count). The predicted octanol–water partition coefficient (Wildman–Crippen LogP) is 13.1. The molecule has 5 heteroatoms. The number of rotatable bonds is 4. The van der Waals surface area contributed by atoms with Crippen LogP contribution in [0, 0.1) is 0 Å². The highest BCUT2D eigenvalue weighted by Crippen LogP contribution is 2.53. The summed E-state index contributed by atoms with van der Waals surface area (Å²) in [6, 6.07) is 53.5. The number of furan rings is 1. The molecule has 0 saturated heterocycles. The van der Waals surface area contributed by atoms with Crippen molar-refractivity contribution >= 4 is 53.4 Å². The lowest BCUT2D eigenvalue weighted by Gasteiger charge is -2.22. The topological polar surface area (TPSA) is 51.8 Å². The summed E-state index contributed by atoms with van der Waals surface area (Å²) < 4.78 is 8.84. The highest BCUT2D eigenvalue weighted by Gasteiger charge is 2.38.